The summed E-state index contributed by atoms with van der Waals surface area (Å²) in [6.07, 6.45) is 0.657. The molecule has 0 saturated heterocycles. The van der Waals surface area contributed by atoms with Gasteiger partial charge in [-0.3, -0.25) is 9.59 Å². The quantitative estimate of drug-likeness (QED) is 0.604. The summed E-state index contributed by atoms with van der Waals surface area (Å²) in [7, 11) is 0. The molecule has 0 fully saturated rings. The van der Waals surface area contributed by atoms with Gasteiger partial charge in [-0.2, -0.15) is 0 Å². The summed E-state index contributed by atoms with van der Waals surface area (Å²) >= 11 is 1.34. The van der Waals surface area contributed by atoms with Crippen LogP contribution in [0.3, 0.4) is 0 Å². The fourth-order valence-corrected chi connectivity index (χ4v) is 3.32. The van der Waals surface area contributed by atoms with Crippen molar-refractivity contribution in [1.29, 1.82) is 0 Å². The molecule has 2 rings (SSSR count). The van der Waals surface area contributed by atoms with Crippen molar-refractivity contribution in [3.63, 3.8) is 0 Å². The normalized spacial score (nSPS) is 10.6. The fourth-order valence-electron chi connectivity index (χ4n) is 2.39. The van der Waals surface area contributed by atoms with Crippen LogP contribution < -0.4 is 5.32 Å². The standard InChI is InChI=1S/C18H21NO5S/c1-10-11(2)24-12(3)17(10)18(22)23-9-15(21)16-6-5-14(25-16)7-8-19-13(4)20/h5-6H,7-9H2,1-4H3,(H,19,20). The minimum absolute atomic E-state index is 0.0835. The molecule has 0 aliphatic heterocycles. The molecule has 134 valence electrons. The zero-order valence-corrected chi connectivity index (χ0v) is 15.5. The molecule has 2 aromatic rings. The van der Waals surface area contributed by atoms with E-state index in [2.05, 4.69) is 5.32 Å². The number of carbonyl (C=O) groups is 3. The molecule has 6 nitrogen and oxygen atoms in total. The Bertz CT molecular complexity index is 802. The van der Waals surface area contributed by atoms with Gasteiger partial charge in [0.1, 0.15) is 17.1 Å². The number of furan rings is 1. The number of ether oxygens (including phenoxy) is 1. The van der Waals surface area contributed by atoms with Crippen molar-refractivity contribution in [3.05, 3.63) is 44.5 Å². The molecule has 0 unspecified atom stereocenters. The Balaban J connectivity index is 1.91. The van der Waals surface area contributed by atoms with Crippen molar-refractivity contribution in [3.8, 4) is 0 Å². The lowest BCUT2D eigenvalue weighted by Crippen LogP contribution is -2.22. The molecule has 0 radical (unpaired) electrons. The van der Waals surface area contributed by atoms with Crippen molar-refractivity contribution >= 4 is 29.0 Å². The zero-order chi connectivity index (χ0) is 18.6. The minimum atomic E-state index is -0.553. The van der Waals surface area contributed by atoms with Gasteiger partial charge in [0.2, 0.25) is 11.7 Å². The summed E-state index contributed by atoms with van der Waals surface area (Å²) in [5.74, 6) is 0.267. The maximum atomic E-state index is 12.2. The van der Waals surface area contributed by atoms with E-state index in [4.69, 9.17) is 9.15 Å². The van der Waals surface area contributed by atoms with E-state index in [1.54, 1.807) is 26.8 Å². The highest BCUT2D eigenvalue weighted by atomic mass is 32.1. The van der Waals surface area contributed by atoms with Crippen LogP contribution >= 0.6 is 11.3 Å². The molecule has 0 aliphatic rings. The number of esters is 1. The molecule has 7 heteroatoms. The van der Waals surface area contributed by atoms with E-state index in [1.165, 1.54) is 18.3 Å². The smallest absolute Gasteiger partial charge is 0.342 e. The van der Waals surface area contributed by atoms with Gasteiger partial charge < -0.3 is 14.5 Å². The molecule has 0 bridgehead atoms. The maximum absolute atomic E-state index is 12.2. The third-order valence-electron chi connectivity index (χ3n) is 3.78. The Kier molecular flexibility index (Phi) is 6.14. The van der Waals surface area contributed by atoms with Gasteiger partial charge in [0, 0.05) is 23.9 Å². The van der Waals surface area contributed by atoms with E-state index >= 15 is 0 Å². The Hall–Kier alpha value is -2.41. The van der Waals surface area contributed by atoms with E-state index in [0.29, 0.717) is 34.9 Å². The summed E-state index contributed by atoms with van der Waals surface area (Å²) in [6, 6.07) is 3.55. The number of hydrogen-bond donors (Lipinski definition) is 1. The second-order valence-electron chi connectivity index (χ2n) is 5.71. The van der Waals surface area contributed by atoms with E-state index < -0.39 is 5.97 Å². The highest BCUT2D eigenvalue weighted by Crippen LogP contribution is 2.22. The Morgan fingerprint density at radius 1 is 1.16 bits per heavy atom. The van der Waals surface area contributed by atoms with E-state index in [1.807, 2.05) is 6.07 Å². The van der Waals surface area contributed by atoms with E-state index in [-0.39, 0.29) is 18.3 Å². The van der Waals surface area contributed by atoms with Crippen molar-refractivity contribution < 1.29 is 23.5 Å². The molecule has 0 aromatic carbocycles. The largest absolute Gasteiger partial charge is 0.465 e. The van der Waals surface area contributed by atoms with Crippen LogP contribution in [0.5, 0.6) is 0 Å². The summed E-state index contributed by atoms with van der Waals surface area (Å²) in [4.78, 5) is 36.7. The molecule has 1 amide bonds. The summed E-state index contributed by atoms with van der Waals surface area (Å²) in [5, 5.41) is 2.71. The first-order valence-corrected chi connectivity index (χ1v) is 8.71. The van der Waals surface area contributed by atoms with Crippen molar-refractivity contribution in [2.75, 3.05) is 13.2 Å². The van der Waals surface area contributed by atoms with Gasteiger partial charge in [-0.15, -0.1) is 11.3 Å². The van der Waals surface area contributed by atoms with Crippen LogP contribution in [0.4, 0.5) is 0 Å². The Morgan fingerprint density at radius 2 is 1.88 bits per heavy atom. The van der Waals surface area contributed by atoms with Crippen LogP contribution in [0, 0.1) is 20.8 Å². The van der Waals surface area contributed by atoms with E-state index in [0.717, 1.165) is 10.4 Å². The topological polar surface area (TPSA) is 85.6 Å². The second-order valence-corrected chi connectivity index (χ2v) is 6.88. The number of ketones is 1. The molecule has 2 heterocycles. The third kappa shape index (κ3) is 4.79. The van der Waals surface area contributed by atoms with Crippen molar-refractivity contribution in [2.24, 2.45) is 0 Å². The zero-order valence-electron chi connectivity index (χ0n) is 14.7. The number of nitrogens with one attached hydrogen (secondary N) is 1. The first-order valence-electron chi connectivity index (χ1n) is 7.89. The molecule has 0 spiro atoms. The van der Waals surface area contributed by atoms with Gasteiger partial charge in [-0.1, -0.05) is 0 Å². The lowest BCUT2D eigenvalue weighted by Gasteiger charge is -2.03. The van der Waals surface area contributed by atoms with Gasteiger partial charge in [0.05, 0.1) is 4.88 Å². The van der Waals surface area contributed by atoms with Crippen molar-refractivity contribution in [2.45, 2.75) is 34.1 Å². The molecule has 25 heavy (non-hydrogen) atoms. The minimum Gasteiger partial charge on any atom is -0.465 e. The maximum Gasteiger partial charge on any atom is 0.342 e. The van der Waals surface area contributed by atoms with Crippen LogP contribution in [0.15, 0.2) is 16.5 Å². The molecular weight excluding hydrogens is 342 g/mol. The summed E-state index contributed by atoms with van der Waals surface area (Å²) in [6.45, 7) is 6.93. The third-order valence-corrected chi connectivity index (χ3v) is 4.97. The lowest BCUT2D eigenvalue weighted by molar-refractivity contribution is -0.118. The molecule has 0 saturated carbocycles. The Morgan fingerprint density at radius 3 is 2.48 bits per heavy atom. The molecule has 1 N–H and O–H groups in total. The number of aryl methyl sites for hydroxylation is 2. The number of thiophene rings is 1. The van der Waals surface area contributed by atoms with E-state index in [9.17, 15) is 14.4 Å². The van der Waals surface area contributed by atoms with Gasteiger partial charge in [0.25, 0.3) is 0 Å². The van der Waals surface area contributed by atoms with Gasteiger partial charge in [-0.25, -0.2) is 4.79 Å². The monoisotopic (exact) mass is 363 g/mol. The number of hydrogen-bond acceptors (Lipinski definition) is 6. The molecule has 0 aliphatic carbocycles. The summed E-state index contributed by atoms with van der Waals surface area (Å²) in [5.41, 5.74) is 1.11. The first-order chi connectivity index (χ1) is 11.8. The fraction of sp³-hybridized carbons (Fsp3) is 0.389. The molecule has 2 aromatic heterocycles. The Labute approximate surface area is 150 Å². The van der Waals surface area contributed by atoms with Crippen molar-refractivity contribution in [1.82, 2.24) is 5.32 Å². The average molecular weight is 363 g/mol. The van der Waals surface area contributed by atoms with Crippen LogP contribution in [-0.2, 0) is 16.0 Å². The predicted octanol–water partition coefficient (Wildman–Crippen LogP) is 2.98. The van der Waals surface area contributed by atoms with Crippen LogP contribution in [-0.4, -0.2) is 30.8 Å². The number of Topliss-reactive ketones (excluding diaryl/α,β-unsaturated/α-hetero) is 1. The van der Waals surface area contributed by atoms with Gasteiger partial charge in [-0.05, 0) is 39.3 Å². The van der Waals surface area contributed by atoms with Crippen LogP contribution in [0.2, 0.25) is 0 Å². The first kappa shape index (κ1) is 18.9. The SMILES string of the molecule is CC(=O)NCCc1ccc(C(=O)COC(=O)c2c(C)oc(C)c2C)s1. The summed E-state index contributed by atoms with van der Waals surface area (Å²) < 4.78 is 10.5. The number of amides is 1. The van der Waals surface area contributed by atoms with Crippen LogP contribution in [0.25, 0.3) is 0 Å². The number of rotatable bonds is 7. The number of carbonyl (C=O) groups excluding carboxylic acids is 3. The predicted molar refractivity (Wildman–Crippen MR) is 94.2 cm³/mol. The second kappa shape index (κ2) is 8.11. The lowest BCUT2D eigenvalue weighted by atomic mass is 10.1. The van der Waals surface area contributed by atoms with Gasteiger partial charge >= 0.3 is 5.97 Å². The highest BCUT2D eigenvalue weighted by molar-refractivity contribution is 7.14. The highest BCUT2D eigenvalue weighted by Gasteiger charge is 2.21. The molecular formula is C18H21NO5S. The van der Waals surface area contributed by atoms with Crippen LogP contribution in [0.1, 0.15) is 48.9 Å². The molecule has 0 atom stereocenters. The average Bonchev–Trinajstić information content (AvgIpc) is 3.10. The van der Waals surface area contributed by atoms with Gasteiger partial charge in [0.15, 0.2) is 6.61 Å².